The van der Waals surface area contributed by atoms with Crippen molar-refractivity contribution in [2.45, 2.75) is 37.8 Å². The summed E-state index contributed by atoms with van der Waals surface area (Å²) < 4.78 is 5.48. The molecule has 0 bridgehead atoms. The van der Waals surface area contributed by atoms with Crippen molar-refractivity contribution in [2.24, 2.45) is 5.73 Å². The Kier molecular flexibility index (Phi) is 5.26. The Morgan fingerprint density at radius 1 is 1.30 bits per heavy atom. The van der Waals surface area contributed by atoms with Crippen molar-refractivity contribution in [3.05, 3.63) is 29.3 Å². The van der Waals surface area contributed by atoms with Gasteiger partial charge in [0.1, 0.15) is 5.75 Å². The lowest BCUT2D eigenvalue weighted by Crippen LogP contribution is -2.43. The summed E-state index contributed by atoms with van der Waals surface area (Å²) in [6.07, 6.45) is 3.93. The third kappa shape index (κ3) is 4.12. The van der Waals surface area contributed by atoms with Crippen LogP contribution in [-0.2, 0) is 4.79 Å². The van der Waals surface area contributed by atoms with Crippen LogP contribution in [0.15, 0.2) is 24.3 Å². The minimum Gasteiger partial charge on any atom is -0.484 e. The van der Waals surface area contributed by atoms with E-state index in [1.165, 1.54) is 0 Å². The molecule has 1 aliphatic carbocycles. The lowest BCUT2D eigenvalue weighted by Gasteiger charge is -2.33. The van der Waals surface area contributed by atoms with E-state index in [1.54, 1.807) is 29.2 Å². The number of ether oxygens (including phenoxy) is 1. The maximum absolute atomic E-state index is 12.1. The monoisotopic (exact) mass is 296 g/mol. The first kappa shape index (κ1) is 15.1. The van der Waals surface area contributed by atoms with Crippen LogP contribution in [-0.4, -0.2) is 36.5 Å². The zero-order valence-electron chi connectivity index (χ0n) is 11.7. The van der Waals surface area contributed by atoms with Crippen LogP contribution in [0.1, 0.15) is 25.7 Å². The topological polar surface area (TPSA) is 55.6 Å². The number of halogens is 1. The number of nitrogens with two attached hydrogens (primary N) is 1. The van der Waals surface area contributed by atoms with Gasteiger partial charge in [0.25, 0.3) is 5.91 Å². The van der Waals surface area contributed by atoms with Gasteiger partial charge in [-0.3, -0.25) is 4.79 Å². The summed E-state index contributed by atoms with van der Waals surface area (Å²) in [5.74, 6) is 0.655. The highest BCUT2D eigenvalue weighted by molar-refractivity contribution is 6.30. The summed E-state index contributed by atoms with van der Waals surface area (Å²) in [5, 5.41) is 0.652. The number of benzene rings is 1. The largest absolute Gasteiger partial charge is 0.484 e. The predicted molar refractivity (Wildman–Crippen MR) is 79.9 cm³/mol. The van der Waals surface area contributed by atoms with Gasteiger partial charge in [-0.2, -0.15) is 0 Å². The summed E-state index contributed by atoms with van der Waals surface area (Å²) in [5.41, 5.74) is 5.88. The molecule has 0 aromatic heterocycles. The molecule has 1 aromatic rings. The van der Waals surface area contributed by atoms with Gasteiger partial charge in [-0.25, -0.2) is 0 Å². The van der Waals surface area contributed by atoms with E-state index in [0.717, 1.165) is 25.7 Å². The summed E-state index contributed by atoms with van der Waals surface area (Å²) in [7, 11) is 1.84. The van der Waals surface area contributed by atoms with Gasteiger partial charge in [-0.05, 0) is 49.9 Å². The first-order chi connectivity index (χ1) is 9.56. The second kappa shape index (κ2) is 6.95. The molecule has 1 amide bonds. The number of carbonyl (C=O) groups excluding carboxylic acids is 1. The fourth-order valence-electron chi connectivity index (χ4n) is 2.47. The van der Waals surface area contributed by atoms with Gasteiger partial charge in [-0.1, -0.05) is 11.6 Å². The average molecular weight is 297 g/mol. The van der Waals surface area contributed by atoms with Gasteiger partial charge in [0, 0.05) is 24.2 Å². The molecule has 110 valence electrons. The smallest absolute Gasteiger partial charge is 0.260 e. The fraction of sp³-hybridized carbons (Fsp3) is 0.533. The normalized spacial score (nSPS) is 22.4. The number of hydrogen-bond donors (Lipinski definition) is 1. The Morgan fingerprint density at radius 2 is 1.90 bits per heavy atom. The molecule has 0 unspecified atom stereocenters. The van der Waals surface area contributed by atoms with Crippen LogP contribution in [0.25, 0.3) is 0 Å². The van der Waals surface area contributed by atoms with Crippen molar-refractivity contribution in [1.82, 2.24) is 4.90 Å². The number of hydrogen-bond acceptors (Lipinski definition) is 3. The van der Waals surface area contributed by atoms with Crippen LogP contribution in [0.4, 0.5) is 0 Å². The molecule has 1 fully saturated rings. The lowest BCUT2D eigenvalue weighted by atomic mass is 9.91. The molecule has 0 heterocycles. The zero-order chi connectivity index (χ0) is 14.5. The summed E-state index contributed by atoms with van der Waals surface area (Å²) in [6.45, 7) is 0.0562. The highest BCUT2D eigenvalue weighted by atomic mass is 35.5. The van der Waals surface area contributed by atoms with E-state index in [-0.39, 0.29) is 18.6 Å². The fourth-order valence-corrected chi connectivity index (χ4v) is 2.60. The first-order valence-corrected chi connectivity index (χ1v) is 7.33. The second-order valence-electron chi connectivity index (χ2n) is 5.32. The molecule has 0 saturated heterocycles. The van der Waals surface area contributed by atoms with Gasteiger partial charge < -0.3 is 15.4 Å². The SMILES string of the molecule is CN(C(=O)COc1ccc(Cl)cc1)C1CCC(N)CC1. The minimum absolute atomic E-state index is 0.000390. The van der Waals surface area contributed by atoms with Crippen molar-refractivity contribution in [1.29, 1.82) is 0 Å². The van der Waals surface area contributed by atoms with E-state index in [0.29, 0.717) is 16.8 Å². The van der Waals surface area contributed by atoms with E-state index >= 15 is 0 Å². The van der Waals surface area contributed by atoms with E-state index in [9.17, 15) is 4.79 Å². The quantitative estimate of drug-likeness (QED) is 0.928. The summed E-state index contributed by atoms with van der Waals surface area (Å²) in [4.78, 5) is 13.9. The van der Waals surface area contributed by atoms with Crippen molar-refractivity contribution in [2.75, 3.05) is 13.7 Å². The van der Waals surface area contributed by atoms with Crippen LogP contribution in [0, 0.1) is 0 Å². The van der Waals surface area contributed by atoms with E-state index < -0.39 is 0 Å². The van der Waals surface area contributed by atoms with Crippen molar-refractivity contribution in [3.8, 4) is 5.75 Å². The molecule has 0 radical (unpaired) electrons. The third-order valence-electron chi connectivity index (χ3n) is 3.86. The van der Waals surface area contributed by atoms with Crippen LogP contribution in [0.3, 0.4) is 0 Å². The summed E-state index contributed by atoms with van der Waals surface area (Å²) >= 11 is 5.80. The van der Waals surface area contributed by atoms with Gasteiger partial charge >= 0.3 is 0 Å². The number of likely N-dealkylation sites (N-methyl/N-ethyl adjacent to an activating group) is 1. The van der Waals surface area contributed by atoms with E-state index in [2.05, 4.69) is 0 Å². The highest BCUT2D eigenvalue weighted by Gasteiger charge is 2.25. The standard InChI is InChI=1S/C15H21ClN2O2/c1-18(13-6-4-12(17)5-7-13)15(19)10-20-14-8-2-11(16)3-9-14/h2-3,8-9,12-13H,4-7,10,17H2,1H3. The molecule has 20 heavy (non-hydrogen) atoms. The molecule has 1 aromatic carbocycles. The van der Waals surface area contributed by atoms with Crippen molar-refractivity contribution in [3.63, 3.8) is 0 Å². The van der Waals surface area contributed by atoms with Gasteiger partial charge in [-0.15, -0.1) is 0 Å². The maximum atomic E-state index is 12.1. The number of rotatable bonds is 4. The number of nitrogens with zero attached hydrogens (tertiary/aromatic N) is 1. The number of carbonyl (C=O) groups is 1. The molecule has 1 aliphatic rings. The molecular formula is C15H21ClN2O2. The predicted octanol–water partition coefficient (Wildman–Crippen LogP) is 2.45. The molecule has 1 saturated carbocycles. The maximum Gasteiger partial charge on any atom is 0.260 e. The lowest BCUT2D eigenvalue weighted by molar-refractivity contribution is -0.134. The molecule has 2 rings (SSSR count). The molecule has 0 atom stereocenters. The molecule has 0 aliphatic heterocycles. The van der Waals surface area contributed by atoms with E-state index in [4.69, 9.17) is 22.1 Å². The van der Waals surface area contributed by atoms with Gasteiger partial charge in [0.15, 0.2) is 6.61 Å². The average Bonchev–Trinajstić information content (AvgIpc) is 2.46. The van der Waals surface area contributed by atoms with Crippen LogP contribution in [0.5, 0.6) is 5.75 Å². The zero-order valence-corrected chi connectivity index (χ0v) is 12.5. The Morgan fingerprint density at radius 3 is 2.50 bits per heavy atom. The Balaban J connectivity index is 1.80. The molecule has 2 N–H and O–H groups in total. The molecule has 4 nitrogen and oxygen atoms in total. The molecule has 5 heteroatoms. The molecule has 0 spiro atoms. The number of amides is 1. The van der Waals surface area contributed by atoms with Crippen LogP contribution >= 0.6 is 11.6 Å². The van der Waals surface area contributed by atoms with Gasteiger partial charge in [0.05, 0.1) is 0 Å². The highest BCUT2D eigenvalue weighted by Crippen LogP contribution is 2.21. The Labute approximate surface area is 124 Å². The summed E-state index contributed by atoms with van der Waals surface area (Å²) in [6, 6.07) is 7.59. The third-order valence-corrected chi connectivity index (χ3v) is 4.11. The van der Waals surface area contributed by atoms with Crippen LogP contribution < -0.4 is 10.5 Å². The molecular weight excluding hydrogens is 276 g/mol. The first-order valence-electron chi connectivity index (χ1n) is 6.96. The van der Waals surface area contributed by atoms with Crippen LogP contribution in [0.2, 0.25) is 5.02 Å². The van der Waals surface area contributed by atoms with Crippen molar-refractivity contribution >= 4 is 17.5 Å². The van der Waals surface area contributed by atoms with E-state index in [1.807, 2.05) is 7.05 Å². The Bertz CT molecular complexity index is 442. The second-order valence-corrected chi connectivity index (χ2v) is 5.75. The van der Waals surface area contributed by atoms with Gasteiger partial charge in [0.2, 0.25) is 0 Å². The van der Waals surface area contributed by atoms with Crippen molar-refractivity contribution < 1.29 is 9.53 Å². The Hall–Kier alpha value is -1.26. The minimum atomic E-state index is 0.000390.